The van der Waals surface area contributed by atoms with Crippen molar-refractivity contribution in [2.75, 3.05) is 32.8 Å². The largest absolute Gasteiger partial charge is 0.458 e. The average Bonchev–Trinajstić information content (AvgIpc) is 3.45. The van der Waals surface area contributed by atoms with Crippen molar-refractivity contribution in [3.8, 4) is 0 Å². The molecular weight excluding hydrogens is 698 g/mol. The van der Waals surface area contributed by atoms with Crippen LogP contribution in [0.2, 0.25) is 0 Å². The number of para-hydroxylation sites is 2. The summed E-state index contributed by atoms with van der Waals surface area (Å²) in [6.45, 7) is 2.22. The fourth-order valence-electron chi connectivity index (χ4n) is 5.88. The van der Waals surface area contributed by atoms with Crippen molar-refractivity contribution in [3.63, 3.8) is 0 Å². The van der Waals surface area contributed by atoms with Crippen LogP contribution < -0.4 is 5.32 Å². The van der Waals surface area contributed by atoms with Crippen molar-refractivity contribution >= 4 is 33.9 Å². The molecule has 0 aliphatic heterocycles. The molecule has 0 spiro atoms. The highest BCUT2D eigenvalue weighted by Crippen LogP contribution is 2.28. The number of hydrogen-bond donors (Lipinski definition) is 11. The molecule has 17 nitrogen and oxygen atoms in total. The lowest BCUT2D eigenvalue weighted by atomic mass is 10.0. The molecule has 298 valence electrons. The average molecular weight is 754 g/mol. The number of carbonyl (C=O) groups is 2. The van der Waals surface area contributed by atoms with E-state index in [0.717, 1.165) is 21.8 Å². The summed E-state index contributed by atoms with van der Waals surface area (Å²) < 4.78 is 12.9. The Balaban J connectivity index is 1.69. The molecule has 3 rings (SSSR count). The van der Waals surface area contributed by atoms with E-state index in [0.29, 0.717) is 0 Å². The quantitative estimate of drug-likeness (QED) is 0.0438. The normalized spacial score (nSPS) is 17.5. The van der Waals surface area contributed by atoms with Crippen molar-refractivity contribution in [2.24, 2.45) is 0 Å². The summed E-state index contributed by atoms with van der Waals surface area (Å²) >= 11 is 0. The zero-order valence-electron chi connectivity index (χ0n) is 30.2. The minimum Gasteiger partial charge on any atom is -0.458 e. The highest BCUT2D eigenvalue weighted by Gasteiger charge is 2.34. The Labute approximate surface area is 307 Å². The van der Waals surface area contributed by atoms with Crippen LogP contribution in [-0.4, -0.2) is 166 Å². The first-order valence-electron chi connectivity index (χ1n) is 17.5. The molecule has 0 aliphatic carbocycles. The molecule has 53 heavy (non-hydrogen) atoms. The van der Waals surface area contributed by atoms with Gasteiger partial charge in [0.1, 0.15) is 48.3 Å². The summed E-state index contributed by atoms with van der Waals surface area (Å²) in [6.07, 6.45) is -15.0. The molecule has 0 fully saturated rings. The summed E-state index contributed by atoms with van der Waals surface area (Å²) in [5, 5.41) is 104. The minimum absolute atomic E-state index is 0.0319. The molecule has 9 atom stereocenters. The number of carbonyl (C=O) groups excluding carboxylic acids is 2. The molecule has 0 radical (unpaired) electrons. The van der Waals surface area contributed by atoms with E-state index in [2.05, 4.69) is 5.32 Å². The lowest BCUT2D eigenvalue weighted by Gasteiger charge is -2.33. The fraction of sp³-hybridized carbons (Fsp3) is 0.611. The summed E-state index contributed by atoms with van der Waals surface area (Å²) in [6, 6.07) is 14.2. The van der Waals surface area contributed by atoms with E-state index in [4.69, 9.17) is 19.7 Å². The van der Waals surface area contributed by atoms with E-state index < -0.39 is 98.8 Å². The van der Waals surface area contributed by atoms with Gasteiger partial charge in [0.25, 0.3) is 0 Å². The van der Waals surface area contributed by atoms with E-state index in [1.54, 1.807) is 20.8 Å². The smallest absolute Gasteiger partial charge is 0.409 e. The zero-order chi connectivity index (χ0) is 39.5. The number of esters is 1. The highest BCUT2D eigenvalue weighted by atomic mass is 16.6. The van der Waals surface area contributed by atoms with Crippen molar-refractivity contribution in [1.82, 2.24) is 14.8 Å². The van der Waals surface area contributed by atoms with E-state index >= 15 is 0 Å². The Kier molecular flexibility index (Phi) is 16.8. The predicted molar refractivity (Wildman–Crippen MR) is 191 cm³/mol. The number of alkyl carbamates (subject to hydrolysis) is 1. The molecule has 0 aliphatic rings. The standard InChI is InChI=1S/C36H55N3O14/c1-36(2,3)53-34(50)23(37-35(51)52-20-39-24-13-6-4-10-21(24)22-11-5-7-14-25(22)39)12-8-9-15-38(16-26(42)30(46)32(48)28(44)18-40)17-27(43)31(47)33(49)29(45)19-41/h4-7,10-11,13-14,23,26-33,40-49H,8-9,12,15-20H2,1-3H3,(H,37,51)/t23-,26-,27-,28+,29+,30+,31+,32+,33+/m0/s1. The number of fused-ring (bicyclic) bond motifs is 3. The maximum atomic E-state index is 13.2. The maximum Gasteiger partial charge on any atom is 0.409 e. The second-order valence-corrected chi connectivity index (χ2v) is 14.1. The topological polar surface area (TPSA) is 275 Å². The summed E-state index contributed by atoms with van der Waals surface area (Å²) in [4.78, 5) is 27.6. The van der Waals surface area contributed by atoms with Gasteiger partial charge in [0.2, 0.25) is 0 Å². The number of hydrogen-bond acceptors (Lipinski definition) is 15. The van der Waals surface area contributed by atoms with Gasteiger partial charge in [-0.1, -0.05) is 36.4 Å². The number of unbranched alkanes of at least 4 members (excludes halogenated alkanes) is 1. The van der Waals surface area contributed by atoms with Crippen LogP contribution in [0.3, 0.4) is 0 Å². The number of nitrogens with zero attached hydrogens (tertiary/aromatic N) is 2. The third-order valence-corrected chi connectivity index (χ3v) is 8.75. The second kappa shape index (κ2) is 20.3. The second-order valence-electron chi connectivity index (χ2n) is 14.1. The Morgan fingerprint density at radius 1 is 0.717 bits per heavy atom. The van der Waals surface area contributed by atoms with Gasteiger partial charge >= 0.3 is 12.1 Å². The number of aliphatic hydroxyl groups excluding tert-OH is 10. The van der Waals surface area contributed by atoms with Crippen LogP contribution in [-0.2, 0) is 21.0 Å². The first-order chi connectivity index (χ1) is 25.0. The molecule has 0 unspecified atom stereocenters. The first kappa shape index (κ1) is 43.9. The molecule has 0 saturated carbocycles. The molecule has 1 amide bonds. The summed E-state index contributed by atoms with van der Waals surface area (Å²) in [5.41, 5.74) is 0.822. The molecule has 11 N–H and O–H groups in total. The fourth-order valence-corrected chi connectivity index (χ4v) is 5.88. The Hall–Kier alpha value is -3.46. The zero-order valence-corrected chi connectivity index (χ0v) is 30.2. The lowest BCUT2D eigenvalue weighted by Crippen LogP contribution is -2.53. The van der Waals surface area contributed by atoms with Crippen molar-refractivity contribution in [3.05, 3.63) is 48.5 Å². The molecule has 17 heteroatoms. The number of ether oxygens (including phenoxy) is 2. The van der Waals surface area contributed by atoms with Crippen LogP contribution in [0.4, 0.5) is 4.79 Å². The molecule has 2 aromatic carbocycles. The summed E-state index contributed by atoms with van der Waals surface area (Å²) in [7, 11) is 0. The number of aliphatic hydroxyl groups is 10. The minimum atomic E-state index is -1.93. The monoisotopic (exact) mass is 753 g/mol. The number of nitrogens with one attached hydrogen (secondary N) is 1. The van der Waals surface area contributed by atoms with Crippen LogP contribution in [0.1, 0.15) is 40.0 Å². The van der Waals surface area contributed by atoms with Gasteiger partial charge < -0.3 is 70.4 Å². The van der Waals surface area contributed by atoms with Crippen LogP contribution in [0.15, 0.2) is 48.5 Å². The van der Waals surface area contributed by atoms with Gasteiger partial charge in [-0.05, 0) is 58.7 Å². The number of benzene rings is 2. The van der Waals surface area contributed by atoms with Gasteiger partial charge in [-0.25, -0.2) is 9.59 Å². The number of amides is 1. The molecule has 0 saturated heterocycles. The van der Waals surface area contributed by atoms with Crippen molar-refractivity contribution < 1.29 is 70.1 Å². The van der Waals surface area contributed by atoms with Crippen molar-refractivity contribution in [2.45, 2.75) is 107 Å². The van der Waals surface area contributed by atoms with Crippen molar-refractivity contribution in [1.29, 1.82) is 0 Å². The third-order valence-electron chi connectivity index (χ3n) is 8.75. The van der Waals surface area contributed by atoms with Gasteiger partial charge in [0, 0.05) is 23.9 Å². The number of rotatable bonds is 21. The maximum absolute atomic E-state index is 13.2. The first-order valence-corrected chi connectivity index (χ1v) is 17.5. The van der Waals surface area contributed by atoms with Crippen LogP contribution in [0, 0.1) is 0 Å². The van der Waals surface area contributed by atoms with Gasteiger partial charge in [0.15, 0.2) is 6.73 Å². The predicted octanol–water partition coefficient (Wildman–Crippen LogP) is -1.47. The van der Waals surface area contributed by atoms with Gasteiger partial charge in [-0.15, -0.1) is 0 Å². The van der Waals surface area contributed by atoms with E-state index in [1.807, 2.05) is 53.1 Å². The molecule has 3 aromatic rings. The van der Waals surface area contributed by atoms with Gasteiger partial charge in [-0.3, -0.25) is 4.90 Å². The molecule has 1 heterocycles. The van der Waals surface area contributed by atoms with E-state index in [9.17, 15) is 50.4 Å². The highest BCUT2D eigenvalue weighted by molar-refractivity contribution is 6.07. The molecule has 0 bridgehead atoms. The van der Waals surface area contributed by atoms with E-state index in [-0.39, 0.29) is 32.5 Å². The molecular formula is C36H55N3O14. The number of aromatic nitrogens is 1. The molecule has 1 aromatic heterocycles. The summed E-state index contributed by atoms with van der Waals surface area (Å²) in [5.74, 6) is -0.715. The SMILES string of the molecule is CC(C)(C)OC(=O)[C@H](CCCCN(C[C@H](O)[C@@H](O)[C@H](O)[C@H](O)CO)C[C@H](O)[C@@H](O)[C@H](O)[C@H](O)CO)NC(=O)OCn1c2ccccc2c2ccccc21. The van der Waals surface area contributed by atoms with Crippen LogP contribution in [0.25, 0.3) is 21.8 Å². The Bertz CT molecular complexity index is 1500. The van der Waals surface area contributed by atoms with Crippen LogP contribution in [0.5, 0.6) is 0 Å². The third kappa shape index (κ3) is 12.5. The lowest BCUT2D eigenvalue weighted by molar-refractivity contribution is -0.157. The van der Waals surface area contributed by atoms with E-state index in [1.165, 1.54) is 4.90 Å². The Morgan fingerprint density at radius 2 is 1.17 bits per heavy atom. The van der Waals surface area contributed by atoms with Crippen LogP contribution >= 0.6 is 0 Å². The Morgan fingerprint density at radius 3 is 1.62 bits per heavy atom. The van der Waals surface area contributed by atoms with Gasteiger partial charge in [0.05, 0.1) is 36.5 Å². The van der Waals surface area contributed by atoms with Gasteiger partial charge in [-0.2, -0.15) is 0 Å².